The molecule has 1 aromatic carbocycles. The smallest absolute Gasteiger partial charge is 0.243 e. The molecule has 0 bridgehead atoms. The van der Waals surface area contributed by atoms with Gasteiger partial charge >= 0.3 is 0 Å². The van der Waals surface area contributed by atoms with E-state index in [2.05, 4.69) is 90.0 Å². The van der Waals surface area contributed by atoms with Crippen LogP contribution in [0, 0.1) is 5.92 Å². The Morgan fingerprint density at radius 2 is 1.76 bits per heavy atom. The highest BCUT2D eigenvalue weighted by atomic mass is 16.1. The molecule has 1 atom stereocenters. The molecule has 0 aliphatic rings. The van der Waals surface area contributed by atoms with Crippen LogP contribution in [-0.2, 0) is 10.2 Å². The molecule has 33 heavy (non-hydrogen) atoms. The van der Waals surface area contributed by atoms with Crippen LogP contribution < -0.4 is 5.32 Å². The van der Waals surface area contributed by atoms with Crippen molar-refractivity contribution in [2.24, 2.45) is 10.9 Å². The van der Waals surface area contributed by atoms with Crippen molar-refractivity contribution in [1.82, 2.24) is 10.2 Å². The first-order valence-corrected chi connectivity index (χ1v) is 12.4. The zero-order chi connectivity index (χ0) is 25.2. The summed E-state index contributed by atoms with van der Waals surface area (Å²) in [7, 11) is 3.81. The second-order valence-electron chi connectivity index (χ2n) is 10.2. The summed E-state index contributed by atoms with van der Waals surface area (Å²) in [5.74, 6) is 1.31. The van der Waals surface area contributed by atoms with Crippen molar-refractivity contribution in [2.45, 2.75) is 86.5 Å². The van der Waals surface area contributed by atoms with Crippen LogP contribution in [0.2, 0.25) is 0 Å². The molecule has 0 aliphatic heterocycles. The molecule has 0 aromatic heterocycles. The lowest BCUT2D eigenvalue weighted by Crippen LogP contribution is -2.27. The van der Waals surface area contributed by atoms with Crippen molar-refractivity contribution in [3.05, 3.63) is 52.6 Å². The Bertz CT molecular complexity index is 854. The number of carbonyl (C=O) groups is 1. The van der Waals surface area contributed by atoms with E-state index in [0.29, 0.717) is 0 Å². The Hall–Kier alpha value is -2.36. The van der Waals surface area contributed by atoms with E-state index < -0.39 is 0 Å². The topological polar surface area (TPSA) is 44.7 Å². The van der Waals surface area contributed by atoms with Crippen LogP contribution in [0.15, 0.2) is 46.5 Å². The second-order valence-corrected chi connectivity index (χ2v) is 10.2. The van der Waals surface area contributed by atoms with Crippen molar-refractivity contribution in [3.63, 3.8) is 0 Å². The number of unbranched alkanes of at least 4 members (excludes halogenated alkanes) is 1. The van der Waals surface area contributed by atoms with E-state index in [0.717, 1.165) is 48.5 Å². The van der Waals surface area contributed by atoms with Gasteiger partial charge < -0.3 is 10.2 Å². The maximum absolute atomic E-state index is 11.8. The van der Waals surface area contributed by atoms with Crippen LogP contribution in [0.5, 0.6) is 0 Å². The number of amidine groups is 1. The van der Waals surface area contributed by atoms with E-state index in [1.165, 1.54) is 17.6 Å². The lowest BCUT2D eigenvalue weighted by molar-refractivity contribution is -0.116. The van der Waals surface area contributed by atoms with Crippen LogP contribution >= 0.6 is 0 Å². The van der Waals surface area contributed by atoms with Gasteiger partial charge in [-0.2, -0.15) is 0 Å². The number of likely N-dealkylation sites (N-methyl/N-ethyl adjacent to an activating group) is 1. The molecule has 0 heterocycles. The van der Waals surface area contributed by atoms with Gasteiger partial charge in [0.15, 0.2) is 0 Å². The lowest BCUT2D eigenvalue weighted by Gasteiger charge is -2.23. The van der Waals surface area contributed by atoms with Gasteiger partial charge in [0.25, 0.3) is 0 Å². The van der Waals surface area contributed by atoms with E-state index in [-0.39, 0.29) is 17.2 Å². The van der Waals surface area contributed by atoms with E-state index in [1.54, 1.807) is 13.1 Å². The highest BCUT2D eigenvalue weighted by Gasteiger charge is 2.16. The molecular weight excluding hydrogens is 406 g/mol. The average molecular weight is 454 g/mol. The van der Waals surface area contributed by atoms with Gasteiger partial charge in [-0.05, 0) is 49.2 Å². The first-order chi connectivity index (χ1) is 15.4. The van der Waals surface area contributed by atoms with Crippen molar-refractivity contribution in [1.29, 1.82) is 0 Å². The second kappa shape index (κ2) is 13.4. The summed E-state index contributed by atoms with van der Waals surface area (Å²) in [5, 5.41) is 2.68. The fourth-order valence-electron chi connectivity index (χ4n) is 3.76. The van der Waals surface area contributed by atoms with Crippen molar-refractivity contribution in [2.75, 3.05) is 20.6 Å². The zero-order valence-corrected chi connectivity index (χ0v) is 22.8. The highest BCUT2D eigenvalue weighted by Crippen LogP contribution is 2.30. The fourth-order valence-corrected chi connectivity index (χ4v) is 3.76. The molecule has 1 aromatic rings. The molecule has 4 heteroatoms. The number of hydrogen-bond acceptors (Lipinski definition) is 2. The minimum absolute atomic E-state index is 0.0529. The van der Waals surface area contributed by atoms with Crippen molar-refractivity contribution in [3.8, 4) is 0 Å². The third-order valence-electron chi connectivity index (χ3n) is 6.27. The summed E-state index contributed by atoms with van der Waals surface area (Å²) in [4.78, 5) is 19.3. The molecule has 1 unspecified atom stereocenters. The maximum atomic E-state index is 11.8. The van der Waals surface area contributed by atoms with Crippen LogP contribution in [0.4, 0.5) is 0 Å². The SMILES string of the molecule is CCCCN(C)C(CC)=N/C(=C(\C)CC(C)/C(C)=C/C(=O)NC)c1ccc(C(C)(C)C)cc1. The minimum atomic E-state index is -0.0529. The van der Waals surface area contributed by atoms with Gasteiger partial charge in [0.2, 0.25) is 5.91 Å². The molecule has 1 rings (SSSR count). The number of amides is 1. The molecule has 0 radical (unpaired) electrons. The van der Waals surface area contributed by atoms with Gasteiger partial charge in [-0.1, -0.05) is 77.8 Å². The number of benzene rings is 1. The van der Waals surface area contributed by atoms with E-state index in [4.69, 9.17) is 4.99 Å². The molecule has 0 saturated heterocycles. The molecule has 1 amide bonds. The third-order valence-corrected chi connectivity index (χ3v) is 6.27. The van der Waals surface area contributed by atoms with Gasteiger partial charge in [-0.15, -0.1) is 0 Å². The van der Waals surface area contributed by atoms with E-state index in [1.807, 2.05) is 6.92 Å². The Morgan fingerprint density at radius 1 is 1.15 bits per heavy atom. The quantitative estimate of drug-likeness (QED) is 0.236. The minimum Gasteiger partial charge on any atom is -0.363 e. The van der Waals surface area contributed by atoms with Crippen molar-refractivity contribution >= 4 is 17.4 Å². The molecule has 184 valence electrons. The summed E-state index contributed by atoms with van der Waals surface area (Å²) < 4.78 is 0. The molecule has 1 N–H and O–H groups in total. The largest absolute Gasteiger partial charge is 0.363 e. The number of nitrogens with one attached hydrogen (secondary N) is 1. The predicted molar refractivity (Wildman–Crippen MR) is 145 cm³/mol. The molecular formula is C29H47N3O. The van der Waals surface area contributed by atoms with Gasteiger partial charge in [-0.3, -0.25) is 4.79 Å². The predicted octanol–water partition coefficient (Wildman–Crippen LogP) is 6.97. The van der Waals surface area contributed by atoms with Gasteiger partial charge in [0, 0.05) is 38.7 Å². The van der Waals surface area contributed by atoms with Crippen LogP contribution in [0.1, 0.15) is 92.2 Å². The monoisotopic (exact) mass is 453 g/mol. The molecule has 0 aliphatic carbocycles. The highest BCUT2D eigenvalue weighted by molar-refractivity contribution is 5.89. The first-order valence-electron chi connectivity index (χ1n) is 12.4. The number of allylic oxidation sites excluding steroid dienone is 2. The van der Waals surface area contributed by atoms with Gasteiger partial charge in [0.05, 0.1) is 5.70 Å². The summed E-state index contributed by atoms with van der Waals surface area (Å²) in [6.07, 6.45) is 5.78. The van der Waals surface area contributed by atoms with Crippen LogP contribution in [0.3, 0.4) is 0 Å². The number of hydrogen-bond donors (Lipinski definition) is 1. The van der Waals surface area contributed by atoms with E-state index in [9.17, 15) is 4.79 Å². The standard InChI is InChI=1S/C29H47N3O/c1-11-13-18-32(10)26(12-2)31-28(24-14-16-25(17-15-24)29(6,7)8)23(5)19-21(3)22(4)20-27(33)30-9/h14-17,20-21H,11-13,18-19H2,1-10H3,(H,30,33)/b22-20+,28-23+,31-26?. The average Bonchev–Trinajstić information content (AvgIpc) is 2.77. The van der Waals surface area contributed by atoms with Gasteiger partial charge in [-0.25, -0.2) is 4.99 Å². The van der Waals surface area contributed by atoms with Crippen LogP contribution in [-0.4, -0.2) is 37.3 Å². The van der Waals surface area contributed by atoms with Crippen LogP contribution in [0.25, 0.3) is 5.70 Å². The van der Waals surface area contributed by atoms with Gasteiger partial charge in [0.1, 0.15) is 5.84 Å². The summed E-state index contributed by atoms with van der Waals surface area (Å²) in [5.41, 5.74) is 5.96. The zero-order valence-electron chi connectivity index (χ0n) is 22.8. The lowest BCUT2D eigenvalue weighted by atomic mass is 9.86. The molecule has 4 nitrogen and oxygen atoms in total. The number of carbonyl (C=O) groups excluding carboxylic acids is 1. The third kappa shape index (κ3) is 9.19. The normalized spacial score (nSPS) is 14.6. The summed E-state index contributed by atoms with van der Waals surface area (Å²) >= 11 is 0. The first kappa shape index (κ1) is 28.7. The fraction of sp³-hybridized carbons (Fsp3) is 0.586. The maximum Gasteiger partial charge on any atom is 0.243 e. The number of nitrogens with zero attached hydrogens (tertiary/aromatic N) is 2. The summed E-state index contributed by atoms with van der Waals surface area (Å²) in [6.45, 7) is 18.5. The summed E-state index contributed by atoms with van der Waals surface area (Å²) in [6, 6.07) is 8.87. The molecule has 0 saturated carbocycles. The molecule has 0 spiro atoms. The number of aliphatic imine (C=N–C) groups is 1. The Labute approximate surface area is 203 Å². The number of rotatable bonds is 10. The Balaban J connectivity index is 3.46. The molecule has 0 fully saturated rings. The van der Waals surface area contributed by atoms with Crippen molar-refractivity contribution < 1.29 is 4.79 Å². The van der Waals surface area contributed by atoms with E-state index >= 15 is 0 Å². The Kier molecular flexibility index (Phi) is 11.6. The Morgan fingerprint density at radius 3 is 2.24 bits per heavy atom.